The lowest BCUT2D eigenvalue weighted by Crippen LogP contribution is -1.80. The highest BCUT2D eigenvalue weighted by atomic mass is 32.1. The maximum absolute atomic E-state index is 4.09. The molecule has 0 N–H and O–H groups in total. The number of hydrogen-bond donors (Lipinski definition) is 1. The van der Waals surface area contributed by atoms with Crippen molar-refractivity contribution in [2.75, 3.05) is 0 Å². The van der Waals surface area contributed by atoms with Crippen LogP contribution in [-0.2, 0) is 0 Å². The van der Waals surface area contributed by atoms with Gasteiger partial charge < -0.3 is 0 Å². The van der Waals surface area contributed by atoms with Crippen LogP contribution in [0.2, 0.25) is 0 Å². The Morgan fingerprint density at radius 1 is 1.30 bits per heavy atom. The molecule has 0 amide bonds. The Kier molecular flexibility index (Phi) is 1.10. The Bertz CT molecular complexity index is 355. The van der Waals surface area contributed by atoms with Crippen LogP contribution in [0.25, 0.3) is 11.0 Å². The van der Waals surface area contributed by atoms with Gasteiger partial charge in [-0.2, -0.15) is 10.2 Å². The van der Waals surface area contributed by atoms with E-state index in [2.05, 4.69) is 28.0 Å². The van der Waals surface area contributed by atoms with Crippen LogP contribution >= 0.6 is 12.8 Å². The summed E-state index contributed by atoms with van der Waals surface area (Å²) in [5.74, 6) is 0. The molecule has 50 valence electrons. The van der Waals surface area contributed by atoms with Gasteiger partial charge in [-0.1, -0.05) is 12.8 Å². The maximum atomic E-state index is 4.09. The normalized spacial score (nSPS) is 10.5. The summed E-state index contributed by atoms with van der Waals surface area (Å²) in [6, 6.07) is 0. The van der Waals surface area contributed by atoms with Crippen LogP contribution in [-0.4, -0.2) is 19.2 Å². The standard InChI is InChI=1S/C5H4N4S/c10-9-3-6-4-1-7-8-2-5(4)9/h1-3,10H. The summed E-state index contributed by atoms with van der Waals surface area (Å²) in [7, 11) is 0. The molecule has 0 aliphatic rings. The van der Waals surface area contributed by atoms with E-state index in [1.165, 1.54) is 0 Å². The van der Waals surface area contributed by atoms with Gasteiger partial charge in [-0.25, -0.2) is 4.98 Å². The summed E-state index contributed by atoms with van der Waals surface area (Å²) in [6.07, 6.45) is 4.83. The second-order valence-electron chi connectivity index (χ2n) is 1.85. The molecule has 0 radical (unpaired) electrons. The van der Waals surface area contributed by atoms with Crippen molar-refractivity contribution in [2.45, 2.75) is 0 Å². The van der Waals surface area contributed by atoms with Gasteiger partial charge in [-0.15, -0.1) is 0 Å². The first-order valence-corrected chi connectivity index (χ1v) is 3.11. The SMILES string of the molecule is Sn1cnc2cnncc21. The van der Waals surface area contributed by atoms with E-state index < -0.39 is 0 Å². The number of nitrogens with zero attached hydrogens (tertiary/aromatic N) is 4. The lowest BCUT2D eigenvalue weighted by Gasteiger charge is -1.87. The molecule has 2 heterocycles. The van der Waals surface area contributed by atoms with E-state index in [1.807, 2.05) is 0 Å². The molecule has 0 fully saturated rings. The van der Waals surface area contributed by atoms with Crippen molar-refractivity contribution in [2.24, 2.45) is 0 Å². The highest BCUT2D eigenvalue weighted by Gasteiger charge is 1.96. The van der Waals surface area contributed by atoms with Crippen LogP contribution in [0.4, 0.5) is 0 Å². The Morgan fingerprint density at radius 3 is 2.90 bits per heavy atom. The van der Waals surface area contributed by atoms with Gasteiger partial charge in [0.1, 0.15) is 17.4 Å². The average molecular weight is 152 g/mol. The molecule has 10 heavy (non-hydrogen) atoms. The van der Waals surface area contributed by atoms with Gasteiger partial charge >= 0.3 is 0 Å². The van der Waals surface area contributed by atoms with Crippen LogP contribution < -0.4 is 0 Å². The first-order valence-electron chi connectivity index (χ1n) is 2.71. The third-order valence-electron chi connectivity index (χ3n) is 1.24. The van der Waals surface area contributed by atoms with Crippen molar-refractivity contribution in [1.82, 2.24) is 19.2 Å². The van der Waals surface area contributed by atoms with E-state index in [9.17, 15) is 0 Å². The topological polar surface area (TPSA) is 43.6 Å². The number of hydrogen-bond acceptors (Lipinski definition) is 4. The molecule has 4 nitrogen and oxygen atoms in total. The third kappa shape index (κ3) is 0.672. The maximum Gasteiger partial charge on any atom is 0.111 e. The van der Waals surface area contributed by atoms with Crippen LogP contribution in [0.1, 0.15) is 0 Å². The van der Waals surface area contributed by atoms with Gasteiger partial charge in [0.15, 0.2) is 0 Å². The fourth-order valence-electron chi connectivity index (χ4n) is 0.763. The molecule has 5 heteroatoms. The second kappa shape index (κ2) is 1.95. The molecule has 0 aliphatic heterocycles. The van der Waals surface area contributed by atoms with Crippen LogP contribution in [0.15, 0.2) is 18.7 Å². The predicted molar refractivity (Wildman–Crippen MR) is 39.7 cm³/mol. The number of fused-ring (bicyclic) bond motifs is 1. The zero-order valence-corrected chi connectivity index (χ0v) is 5.86. The summed E-state index contributed by atoms with van der Waals surface area (Å²) in [6.45, 7) is 0. The van der Waals surface area contributed by atoms with Crippen molar-refractivity contribution in [3.8, 4) is 0 Å². The van der Waals surface area contributed by atoms with Gasteiger partial charge in [-0.05, 0) is 0 Å². The lowest BCUT2D eigenvalue weighted by molar-refractivity contribution is 1.04. The average Bonchev–Trinajstić information content (AvgIpc) is 2.34. The van der Waals surface area contributed by atoms with Crippen LogP contribution in [0.3, 0.4) is 0 Å². The molecule has 2 aromatic rings. The molecule has 0 unspecified atom stereocenters. The van der Waals surface area contributed by atoms with Crippen molar-refractivity contribution in [3.05, 3.63) is 18.7 Å². The van der Waals surface area contributed by atoms with Gasteiger partial charge in [0, 0.05) is 0 Å². The highest BCUT2D eigenvalue weighted by molar-refractivity contribution is 7.78. The molecule has 0 saturated heterocycles. The Balaban J connectivity index is 2.93. The number of thiol groups is 1. The first-order chi connectivity index (χ1) is 4.88. The van der Waals surface area contributed by atoms with Crippen molar-refractivity contribution >= 4 is 23.8 Å². The molecule has 0 atom stereocenters. The molecule has 2 aromatic heterocycles. The summed E-state index contributed by atoms with van der Waals surface area (Å²) in [5.41, 5.74) is 1.68. The zero-order valence-electron chi connectivity index (χ0n) is 4.97. The molecule has 0 bridgehead atoms. The molecule has 0 saturated carbocycles. The van der Waals surface area contributed by atoms with E-state index in [0.717, 1.165) is 11.0 Å². The van der Waals surface area contributed by atoms with Crippen molar-refractivity contribution in [1.29, 1.82) is 0 Å². The summed E-state index contributed by atoms with van der Waals surface area (Å²) in [5, 5.41) is 7.35. The second-order valence-corrected chi connectivity index (χ2v) is 2.28. The highest BCUT2D eigenvalue weighted by Crippen LogP contribution is 2.08. The van der Waals surface area contributed by atoms with E-state index in [0.29, 0.717) is 0 Å². The zero-order chi connectivity index (χ0) is 6.97. The molecule has 2 rings (SSSR count). The minimum atomic E-state index is 0.810. The van der Waals surface area contributed by atoms with Gasteiger partial charge in [0.25, 0.3) is 0 Å². The molecule has 0 aliphatic carbocycles. The van der Waals surface area contributed by atoms with Gasteiger partial charge in [-0.3, -0.25) is 3.97 Å². The summed E-state index contributed by atoms with van der Waals surface area (Å²) in [4.78, 5) is 4.00. The van der Waals surface area contributed by atoms with E-state index in [4.69, 9.17) is 0 Å². The molecule has 0 spiro atoms. The van der Waals surface area contributed by atoms with Gasteiger partial charge in [0.2, 0.25) is 0 Å². The fourth-order valence-corrected chi connectivity index (χ4v) is 0.969. The van der Waals surface area contributed by atoms with Gasteiger partial charge in [0.05, 0.1) is 12.4 Å². The summed E-state index contributed by atoms with van der Waals surface area (Å²) < 4.78 is 1.60. The Morgan fingerprint density at radius 2 is 2.10 bits per heavy atom. The third-order valence-corrected chi connectivity index (χ3v) is 1.56. The van der Waals surface area contributed by atoms with Crippen molar-refractivity contribution in [3.63, 3.8) is 0 Å². The monoisotopic (exact) mass is 152 g/mol. The van der Waals surface area contributed by atoms with E-state index in [1.54, 1.807) is 22.7 Å². The lowest BCUT2D eigenvalue weighted by atomic mass is 10.5. The first kappa shape index (κ1) is 5.67. The number of imidazole rings is 1. The minimum Gasteiger partial charge on any atom is -0.273 e. The molecular weight excluding hydrogens is 148 g/mol. The van der Waals surface area contributed by atoms with Crippen LogP contribution in [0, 0.1) is 0 Å². The Hall–Kier alpha value is -1.10. The largest absolute Gasteiger partial charge is 0.273 e. The van der Waals surface area contributed by atoms with E-state index >= 15 is 0 Å². The predicted octanol–water partition coefficient (Wildman–Crippen LogP) is 0.519. The molecule has 0 aromatic carbocycles. The number of rotatable bonds is 0. The van der Waals surface area contributed by atoms with Crippen molar-refractivity contribution < 1.29 is 0 Å². The quantitative estimate of drug-likeness (QED) is 0.560. The Labute approximate surface area is 62.5 Å². The van der Waals surface area contributed by atoms with Crippen LogP contribution in [0.5, 0.6) is 0 Å². The molecular formula is C5H4N4S. The van der Waals surface area contributed by atoms with E-state index in [-0.39, 0.29) is 0 Å². The fraction of sp³-hybridized carbons (Fsp3) is 0. The smallest absolute Gasteiger partial charge is 0.111 e. The number of aromatic nitrogens is 4. The summed E-state index contributed by atoms with van der Waals surface area (Å²) >= 11 is 4.09. The minimum absolute atomic E-state index is 0.810.